The van der Waals surface area contributed by atoms with Crippen molar-refractivity contribution in [3.05, 3.63) is 47.3 Å². The molecule has 2 rings (SSSR count). The molecule has 1 aromatic carbocycles. The topological polar surface area (TPSA) is 55.1 Å². The predicted molar refractivity (Wildman–Crippen MR) is 73.7 cm³/mol. The van der Waals surface area contributed by atoms with Gasteiger partial charge in [0, 0.05) is 11.8 Å². The molecular formula is C15H18N2O2. The van der Waals surface area contributed by atoms with Crippen LogP contribution in [0, 0.1) is 6.92 Å². The highest BCUT2D eigenvalue weighted by atomic mass is 16.4. The third-order valence-corrected chi connectivity index (χ3v) is 3.17. The van der Waals surface area contributed by atoms with Crippen molar-refractivity contribution in [1.82, 2.24) is 9.78 Å². The molecule has 0 saturated carbocycles. The zero-order chi connectivity index (χ0) is 14.0. The molecule has 2 aromatic rings. The highest BCUT2D eigenvalue weighted by molar-refractivity contribution is 5.70. The summed E-state index contributed by atoms with van der Waals surface area (Å²) in [6.45, 7) is 6.13. The third-order valence-electron chi connectivity index (χ3n) is 3.17. The first-order valence-electron chi connectivity index (χ1n) is 6.34. The van der Waals surface area contributed by atoms with Gasteiger partial charge in [0.1, 0.15) is 0 Å². The van der Waals surface area contributed by atoms with Crippen molar-refractivity contribution in [3.8, 4) is 5.69 Å². The van der Waals surface area contributed by atoms with Gasteiger partial charge in [-0.1, -0.05) is 26.0 Å². The minimum Gasteiger partial charge on any atom is -0.481 e. The number of carbonyl (C=O) groups is 1. The number of hydrogen-bond acceptors (Lipinski definition) is 2. The van der Waals surface area contributed by atoms with E-state index in [0.717, 1.165) is 16.9 Å². The number of nitrogens with zero attached hydrogens (tertiary/aromatic N) is 2. The van der Waals surface area contributed by atoms with Gasteiger partial charge in [-0.15, -0.1) is 0 Å². The Labute approximate surface area is 112 Å². The normalized spacial score (nSPS) is 10.9. The first-order valence-corrected chi connectivity index (χ1v) is 6.34. The number of rotatable bonds is 4. The van der Waals surface area contributed by atoms with Crippen molar-refractivity contribution in [1.29, 1.82) is 0 Å². The Hall–Kier alpha value is -2.10. The van der Waals surface area contributed by atoms with Crippen LogP contribution >= 0.6 is 0 Å². The second kappa shape index (κ2) is 5.26. The molecule has 0 bridgehead atoms. The Bertz CT molecular complexity index is 583. The lowest BCUT2D eigenvalue weighted by Gasteiger charge is -2.06. The van der Waals surface area contributed by atoms with Crippen molar-refractivity contribution in [2.75, 3.05) is 0 Å². The molecule has 19 heavy (non-hydrogen) atoms. The van der Waals surface area contributed by atoms with Gasteiger partial charge in [0.2, 0.25) is 0 Å². The largest absolute Gasteiger partial charge is 0.481 e. The molecule has 0 aliphatic heterocycles. The van der Waals surface area contributed by atoms with Gasteiger partial charge in [0.15, 0.2) is 0 Å². The molecule has 1 N–H and O–H groups in total. The Kier molecular flexibility index (Phi) is 3.69. The van der Waals surface area contributed by atoms with Gasteiger partial charge in [-0.2, -0.15) is 5.10 Å². The molecule has 0 aliphatic rings. The van der Waals surface area contributed by atoms with E-state index in [9.17, 15) is 4.79 Å². The van der Waals surface area contributed by atoms with Crippen LogP contribution in [0.2, 0.25) is 0 Å². The van der Waals surface area contributed by atoms with Crippen LogP contribution in [0.4, 0.5) is 0 Å². The maximum Gasteiger partial charge on any atom is 0.307 e. The summed E-state index contributed by atoms with van der Waals surface area (Å²) in [5.74, 6) is -0.339. The predicted octanol–water partition coefficient (Wildman–Crippen LogP) is 2.93. The number of benzene rings is 1. The van der Waals surface area contributed by atoms with Crippen molar-refractivity contribution < 1.29 is 9.90 Å². The quantitative estimate of drug-likeness (QED) is 0.917. The molecule has 1 heterocycles. The van der Waals surface area contributed by atoms with E-state index < -0.39 is 5.97 Å². The summed E-state index contributed by atoms with van der Waals surface area (Å²) in [4.78, 5) is 10.7. The van der Waals surface area contributed by atoms with Crippen LogP contribution in [-0.4, -0.2) is 20.9 Å². The molecule has 0 amide bonds. The zero-order valence-electron chi connectivity index (χ0n) is 11.4. The number of carboxylic acid groups (broad SMARTS) is 1. The first kappa shape index (κ1) is 13.3. The molecule has 4 nitrogen and oxygen atoms in total. The summed E-state index contributed by atoms with van der Waals surface area (Å²) in [7, 11) is 0. The van der Waals surface area contributed by atoms with Crippen LogP contribution in [0.5, 0.6) is 0 Å². The van der Waals surface area contributed by atoms with Gasteiger partial charge >= 0.3 is 5.97 Å². The third kappa shape index (κ3) is 3.02. The van der Waals surface area contributed by atoms with Crippen LogP contribution in [0.3, 0.4) is 0 Å². The van der Waals surface area contributed by atoms with Gasteiger partial charge in [0.25, 0.3) is 0 Å². The van der Waals surface area contributed by atoms with Gasteiger partial charge < -0.3 is 5.11 Å². The lowest BCUT2D eigenvalue weighted by molar-refractivity contribution is -0.136. The summed E-state index contributed by atoms with van der Waals surface area (Å²) in [6, 6.07) is 8.17. The summed E-state index contributed by atoms with van der Waals surface area (Å²) >= 11 is 0. The van der Waals surface area contributed by atoms with E-state index in [1.165, 1.54) is 5.56 Å². The van der Waals surface area contributed by atoms with Crippen LogP contribution in [0.25, 0.3) is 5.69 Å². The molecule has 100 valence electrons. The molecule has 0 atom stereocenters. The molecule has 4 heteroatoms. The number of carboxylic acids is 1. The summed E-state index contributed by atoms with van der Waals surface area (Å²) in [5, 5.41) is 13.2. The lowest BCUT2D eigenvalue weighted by atomic mass is 10.0. The fourth-order valence-electron chi connectivity index (χ4n) is 1.98. The maximum absolute atomic E-state index is 10.7. The molecule has 0 spiro atoms. The Morgan fingerprint density at radius 3 is 2.47 bits per heavy atom. The first-order chi connectivity index (χ1) is 8.97. The molecule has 0 aliphatic carbocycles. The Balaban J connectivity index is 2.29. The number of hydrogen-bond donors (Lipinski definition) is 1. The fraction of sp³-hybridized carbons (Fsp3) is 0.333. The SMILES string of the molecule is Cc1nn(-c2ccc(C(C)C)cc2)cc1CC(=O)O. The standard InChI is InChI=1S/C15H18N2O2/c1-10(2)12-4-6-14(7-5-12)17-9-13(8-15(18)19)11(3)16-17/h4-7,9-10H,8H2,1-3H3,(H,18,19). The summed E-state index contributed by atoms with van der Waals surface area (Å²) in [6.07, 6.45) is 1.80. The van der Waals surface area contributed by atoms with Crippen molar-refractivity contribution in [2.45, 2.75) is 33.1 Å². The molecule has 1 aromatic heterocycles. The highest BCUT2D eigenvalue weighted by Crippen LogP contribution is 2.18. The van der Waals surface area contributed by atoms with Crippen LogP contribution < -0.4 is 0 Å². The zero-order valence-corrected chi connectivity index (χ0v) is 11.4. The van der Waals surface area contributed by atoms with E-state index >= 15 is 0 Å². The molecule has 0 unspecified atom stereocenters. The number of aromatic nitrogens is 2. The Morgan fingerprint density at radius 2 is 1.95 bits per heavy atom. The van der Waals surface area contributed by atoms with Crippen LogP contribution in [0.1, 0.15) is 36.6 Å². The van der Waals surface area contributed by atoms with Crippen LogP contribution in [-0.2, 0) is 11.2 Å². The number of aryl methyl sites for hydroxylation is 1. The summed E-state index contributed by atoms with van der Waals surface area (Å²) in [5.41, 5.74) is 3.73. The van der Waals surface area contributed by atoms with E-state index in [0.29, 0.717) is 5.92 Å². The second-order valence-corrected chi connectivity index (χ2v) is 5.00. The van der Waals surface area contributed by atoms with E-state index in [1.807, 2.05) is 19.1 Å². The minimum atomic E-state index is -0.835. The molecule has 0 fully saturated rings. The maximum atomic E-state index is 10.7. The van der Waals surface area contributed by atoms with E-state index in [1.54, 1.807) is 10.9 Å². The monoisotopic (exact) mass is 258 g/mol. The van der Waals surface area contributed by atoms with Gasteiger partial charge in [-0.3, -0.25) is 4.79 Å². The van der Waals surface area contributed by atoms with Gasteiger partial charge in [-0.05, 0) is 30.5 Å². The average Bonchev–Trinajstić information content (AvgIpc) is 2.70. The highest BCUT2D eigenvalue weighted by Gasteiger charge is 2.10. The second-order valence-electron chi connectivity index (χ2n) is 5.00. The average molecular weight is 258 g/mol. The van der Waals surface area contributed by atoms with Gasteiger partial charge in [0.05, 0.1) is 17.8 Å². The fourth-order valence-corrected chi connectivity index (χ4v) is 1.98. The smallest absolute Gasteiger partial charge is 0.307 e. The van der Waals surface area contributed by atoms with Crippen LogP contribution in [0.15, 0.2) is 30.5 Å². The minimum absolute atomic E-state index is 0.00983. The van der Waals surface area contributed by atoms with Crippen molar-refractivity contribution in [3.63, 3.8) is 0 Å². The molecule has 0 radical (unpaired) electrons. The van der Waals surface area contributed by atoms with E-state index in [2.05, 4.69) is 31.1 Å². The van der Waals surface area contributed by atoms with E-state index in [-0.39, 0.29) is 6.42 Å². The lowest BCUT2D eigenvalue weighted by Crippen LogP contribution is -2.00. The van der Waals surface area contributed by atoms with Gasteiger partial charge in [-0.25, -0.2) is 4.68 Å². The van der Waals surface area contributed by atoms with Crippen molar-refractivity contribution in [2.24, 2.45) is 0 Å². The van der Waals surface area contributed by atoms with E-state index in [4.69, 9.17) is 5.11 Å². The molecule has 0 saturated heterocycles. The Morgan fingerprint density at radius 1 is 1.32 bits per heavy atom. The number of aliphatic carboxylic acids is 1. The van der Waals surface area contributed by atoms with Crippen molar-refractivity contribution >= 4 is 5.97 Å². The summed E-state index contributed by atoms with van der Waals surface area (Å²) < 4.78 is 1.73. The molecular weight excluding hydrogens is 240 g/mol.